The van der Waals surface area contributed by atoms with E-state index in [0.717, 1.165) is 11.3 Å². The monoisotopic (exact) mass is 488 g/mol. The van der Waals surface area contributed by atoms with Gasteiger partial charge in [-0.15, -0.1) is 0 Å². The molecule has 1 aliphatic heterocycles. The molecule has 1 aliphatic rings. The standard InChI is InChI=1S/C25H32N2O6S/c1-4-32-22-8-6-7-21(17-22)18(3)26-24(28)19-13-15-27(16-14-19)34(30,31)23-11-9-20(10-12-23)25(29)33-5-2/h6-12,17-19H,4-5,13-16H2,1-3H3,(H,26,28). The van der Waals surface area contributed by atoms with Gasteiger partial charge in [0.2, 0.25) is 15.9 Å². The fourth-order valence-electron chi connectivity index (χ4n) is 3.94. The molecule has 8 nitrogen and oxygen atoms in total. The van der Waals surface area contributed by atoms with Crippen LogP contribution in [0.1, 0.15) is 55.6 Å². The van der Waals surface area contributed by atoms with Crippen LogP contribution in [0.2, 0.25) is 0 Å². The van der Waals surface area contributed by atoms with Crippen LogP contribution in [0, 0.1) is 5.92 Å². The number of nitrogens with zero attached hydrogens (tertiary/aromatic N) is 1. The Hall–Kier alpha value is -2.91. The Morgan fingerprint density at radius 3 is 2.35 bits per heavy atom. The number of esters is 1. The fraction of sp³-hybridized carbons (Fsp3) is 0.440. The number of sulfonamides is 1. The Kier molecular flexibility index (Phi) is 8.68. The first-order valence-corrected chi connectivity index (χ1v) is 13.0. The second kappa shape index (κ2) is 11.5. The number of piperidine rings is 1. The molecule has 2 aromatic rings. The molecule has 0 radical (unpaired) electrons. The maximum atomic E-state index is 13.0. The molecule has 0 bridgehead atoms. The van der Waals surface area contributed by atoms with E-state index in [2.05, 4.69) is 5.32 Å². The molecule has 1 heterocycles. The van der Waals surface area contributed by atoms with Crippen LogP contribution in [0.15, 0.2) is 53.4 Å². The quantitative estimate of drug-likeness (QED) is 0.542. The molecular weight excluding hydrogens is 456 g/mol. The van der Waals surface area contributed by atoms with Crippen LogP contribution in [0.5, 0.6) is 5.75 Å². The van der Waals surface area contributed by atoms with Crippen LogP contribution in [-0.2, 0) is 19.6 Å². The van der Waals surface area contributed by atoms with E-state index >= 15 is 0 Å². The van der Waals surface area contributed by atoms with Gasteiger partial charge in [0.05, 0.1) is 29.7 Å². The predicted molar refractivity (Wildman–Crippen MR) is 128 cm³/mol. The first-order valence-electron chi connectivity index (χ1n) is 11.6. The van der Waals surface area contributed by atoms with Gasteiger partial charge in [0.25, 0.3) is 0 Å². The van der Waals surface area contributed by atoms with Gasteiger partial charge in [-0.25, -0.2) is 13.2 Å². The average Bonchev–Trinajstić information content (AvgIpc) is 2.84. The third-order valence-electron chi connectivity index (χ3n) is 5.86. The summed E-state index contributed by atoms with van der Waals surface area (Å²) in [6.07, 6.45) is 0.884. The summed E-state index contributed by atoms with van der Waals surface area (Å²) >= 11 is 0. The highest BCUT2D eigenvalue weighted by Crippen LogP contribution is 2.26. The van der Waals surface area contributed by atoms with Crippen molar-refractivity contribution in [2.45, 2.75) is 44.6 Å². The highest BCUT2D eigenvalue weighted by molar-refractivity contribution is 7.89. The van der Waals surface area contributed by atoms with Crippen molar-refractivity contribution >= 4 is 21.9 Å². The van der Waals surface area contributed by atoms with E-state index in [1.807, 2.05) is 38.1 Å². The topological polar surface area (TPSA) is 102 Å². The van der Waals surface area contributed by atoms with E-state index in [0.29, 0.717) is 25.0 Å². The van der Waals surface area contributed by atoms with E-state index in [-0.39, 0.29) is 42.5 Å². The van der Waals surface area contributed by atoms with Gasteiger partial charge in [0.15, 0.2) is 0 Å². The van der Waals surface area contributed by atoms with Gasteiger partial charge in [0, 0.05) is 19.0 Å². The number of carbonyl (C=O) groups excluding carboxylic acids is 2. The summed E-state index contributed by atoms with van der Waals surface area (Å²) in [5, 5.41) is 3.04. The van der Waals surface area contributed by atoms with Crippen LogP contribution >= 0.6 is 0 Å². The van der Waals surface area contributed by atoms with E-state index in [1.54, 1.807) is 6.92 Å². The first kappa shape index (κ1) is 25.7. The molecule has 1 fully saturated rings. The Bertz CT molecular complexity index is 1090. The molecule has 1 amide bonds. The Labute approximate surface area is 201 Å². The Morgan fingerprint density at radius 1 is 1.06 bits per heavy atom. The lowest BCUT2D eigenvalue weighted by atomic mass is 9.96. The van der Waals surface area contributed by atoms with E-state index < -0.39 is 16.0 Å². The molecule has 0 saturated carbocycles. The van der Waals surface area contributed by atoms with Gasteiger partial charge >= 0.3 is 5.97 Å². The van der Waals surface area contributed by atoms with E-state index in [9.17, 15) is 18.0 Å². The zero-order valence-corrected chi connectivity index (χ0v) is 20.6. The highest BCUT2D eigenvalue weighted by atomic mass is 32.2. The maximum Gasteiger partial charge on any atom is 0.338 e. The average molecular weight is 489 g/mol. The van der Waals surface area contributed by atoms with Gasteiger partial charge in [-0.2, -0.15) is 4.31 Å². The number of hydrogen-bond donors (Lipinski definition) is 1. The van der Waals surface area contributed by atoms with Crippen molar-refractivity contribution in [2.24, 2.45) is 5.92 Å². The molecule has 1 unspecified atom stereocenters. The molecule has 34 heavy (non-hydrogen) atoms. The van der Waals surface area contributed by atoms with Crippen molar-refractivity contribution in [1.29, 1.82) is 0 Å². The van der Waals surface area contributed by atoms with Crippen LogP contribution in [-0.4, -0.2) is 50.9 Å². The number of hydrogen-bond acceptors (Lipinski definition) is 6. The molecule has 9 heteroatoms. The smallest absolute Gasteiger partial charge is 0.338 e. The van der Waals surface area contributed by atoms with Crippen LogP contribution in [0.25, 0.3) is 0 Å². The predicted octanol–water partition coefficient (Wildman–Crippen LogP) is 3.54. The van der Waals surface area contributed by atoms with Gasteiger partial charge in [-0.05, 0) is 75.6 Å². The molecule has 3 rings (SSSR count). The number of benzene rings is 2. The highest BCUT2D eigenvalue weighted by Gasteiger charge is 2.32. The molecule has 0 aliphatic carbocycles. The summed E-state index contributed by atoms with van der Waals surface area (Å²) in [7, 11) is -3.71. The van der Waals surface area contributed by atoms with E-state index in [4.69, 9.17) is 9.47 Å². The van der Waals surface area contributed by atoms with Crippen molar-refractivity contribution in [3.63, 3.8) is 0 Å². The fourth-order valence-corrected chi connectivity index (χ4v) is 5.41. The van der Waals surface area contributed by atoms with Crippen LogP contribution in [0.4, 0.5) is 0 Å². The number of ether oxygens (including phenoxy) is 2. The second-order valence-corrected chi connectivity index (χ2v) is 10.1. The zero-order valence-electron chi connectivity index (χ0n) is 19.8. The summed E-state index contributed by atoms with van der Waals surface area (Å²) in [6, 6.07) is 13.2. The lowest BCUT2D eigenvalue weighted by Crippen LogP contribution is -2.43. The number of carbonyl (C=O) groups is 2. The zero-order chi connectivity index (χ0) is 24.7. The Morgan fingerprint density at radius 2 is 1.74 bits per heavy atom. The lowest BCUT2D eigenvalue weighted by Gasteiger charge is -2.31. The minimum atomic E-state index is -3.71. The van der Waals surface area contributed by atoms with Crippen molar-refractivity contribution < 1.29 is 27.5 Å². The van der Waals surface area contributed by atoms with E-state index in [1.165, 1.54) is 28.6 Å². The maximum absolute atomic E-state index is 13.0. The summed E-state index contributed by atoms with van der Waals surface area (Å²) in [5.74, 6) is -0.0627. The van der Waals surface area contributed by atoms with Gasteiger partial charge in [0.1, 0.15) is 5.75 Å². The van der Waals surface area contributed by atoms with Crippen molar-refractivity contribution in [1.82, 2.24) is 9.62 Å². The Balaban J connectivity index is 1.57. The molecule has 1 saturated heterocycles. The van der Waals surface area contributed by atoms with Crippen molar-refractivity contribution in [3.05, 3.63) is 59.7 Å². The molecular formula is C25H32N2O6S. The minimum Gasteiger partial charge on any atom is -0.494 e. The molecule has 1 N–H and O–H groups in total. The normalized spacial score (nSPS) is 16.0. The molecule has 1 atom stereocenters. The number of nitrogens with one attached hydrogen (secondary N) is 1. The minimum absolute atomic E-state index is 0.0786. The molecule has 0 aromatic heterocycles. The van der Waals surface area contributed by atoms with Crippen LogP contribution in [0.3, 0.4) is 0 Å². The molecule has 184 valence electrons. The lowest BCUT2D eigenvalue weighted by molar-refractivity contribution is -0.126. The van der Waals surface area contributed by atoms with Gasteiger partial charge in [-0.3, -0.25) is 4.79 Å². The first-order chi connectivity index (χ1) is 16.3. The second-order valence-electron chi connectivity index (χ2n) is 8.16. The molecule has 2 aromatic carbocycles. The summed E-state index contributed by atoms with van der Waals surface area (Å²) in [4.78, 5) is 24.7. The SMILES string of the molecule is CCOC(=O)c1ccc(S(=O)(=O)N2CCC(C(=O)NC(C)c3cccc(OCC)c3)CC2)cc1. The van der Waals surface area contributed by atoms with Crippen LogP contribution < -0.4 is 10.1 Å². The summed E-state index contributed by atoms with van der Waals surface area (Å²) < 4.78 is 37.9. The third-order valence-corrected chi connectivity index (χ3v) is 7.77. The molecule has 0 spiro atoms. The van der Waals surface area contributed by atoms with Crippen molar-refractivity contribution in [2.75, 3.05) is 26.3 Å². The van der Waals surface area contributed by atoms with Gasteiger partial charge in [-0.1, -0.05) is 12.1 Å². The number of amides is 1. The largest absolute Gasteiger partial charge is 0.494 e. The third kappa shape index (κ3) is 6.15. The van der Waals surface area contributed by atoms with Gasteiger partial charge < -0.3 is 14.8 Å². The summed E-state index contributed by atoms with van der Waals surface area (Å²) in [6.45, 7) is 6.89. The number of rotatable bonds is 9. The van der Waals surface area contributed by atoms with Crippen molar-refractivity contribution in [3.8, 4) is 5.75 Å². The summed E-state index contributed by atoms with van der Waals surface area (Å²) in [5.41, 5.74) is 1.25.